The Hall–Kier alpha value is -1.60. The van der Waals surface area contributed by atoms with Gasteiger partial charge in [0, 0.05) is 6.04 Å². The molecule has 0 aliphatic heterocycles. The predicted octanol–water partition coefficient (Wildman–Crippen LogP) is 4.51. The van der Waals surface area contributed by atoms with E-state index in [1.807, 2.05) is 0 Å². The molecule has 0 fully saturated rings. The van der Waals surface area contributed by atoms with Crippen LogP contribution < -0.4 is 5.32 Å². The van der Waals surface area contributed by atoms with Gasteiger partial charge in [-0.15, -0.1) is 0 Å². The molecule has 0 bridgehead atoms. The van der Waals surface area contributed by atoms with Gasteiger partial charge in [0.05, 0.1) is 0 Å². The molecule has 0 aliphatic carbocycles. The molecule has 2 aromatic rings. The Morgan fingerprint density at radius 2 is 1.70 bits per heavy atom. The average Bonchev–Trinajstić information content (AvgIpc) is 2.41. The Bertz CT molecular complexity index is 572. The maximum absolute atomic E-state index is 3.63. The highest BCUT2D eigenvalue weighted by atomic mass is 14.9. The number of rotatable bonds is 5. The Kier molecular flexibility index (Phi) is 4.97. The summed E-state index contributed by atoms with van der Waals surface area (Å²) in [5.74, 6) is 0. The molecule has 0 radical (unpaired) electrons. The van der Waals surface area contributed by atoms with Crippen LogP contribution >= 0.6 is 0 Å². The summed E-state index contributed by atoms with van der Waals surface area (Å²) >= 11 is 0. The van der Waals surface area contributed by atoms with Gasteiger partial charge >= 0.3 is 0 Å². The van der Waals surface area contributed by atoms with Crippen LogP contribution in [0.3, 0.4) is 0 Å². The first-order valence-electron chi connectivity index (χ1n) is 7.46. The molecule has 2 rings (SSSR count). The number of nitrogens with one attached hydrogen (secondary N) is 1. The molecule has 1 N–H and O–H groups in total. The quantitative estimate of drug-likeness (QED) is 0.840. The summed E-state index contributed by atoms with van der Waals surface area (Å²) in [7, 11) is 0. The summed E-state index contributed by atoms with van der Waals surface area (Å²) in [4.78, 5) is 0. The number of aryl methyl sites for hydroxylation is 3. The Morgan fingerprint density at radius 3 is 2.40 bits per heavy atom. The fraction of sp³-hybridized carbons (Fsp3) is 0.368. The zero-order chi connectivity index (χ0) is 14.5. The first-order valence-corrected chi connectivity index (χ1v) is 7.46. The van der Waals surface area contributed by atoms with Gasteiger partial charge in [-0.1, -0.05) is 60.5 Å². The summed E-state index contributed by atoms with van der Waals surface area (Å²) in [6.45, 7) is 9.69. The third-order valence-corrected chi connectivity index (χ3v) is 3.78. The lowest BCUT2D eigenvalue weighted by atomic mass is 9.93. The second-order valence-corrected chi connectivity index (χ2v) is 5.66. The van der Waals surface area contributed by atoms with Crippen LogP contribution in [0.15, 0.2) is 42.5 Å². The molecule has 1 heteroatoms. The highest BCUT2D eigenvalue weighted by molar-refractivity contribution is 5.34. The van der Waals surface area contributed by atoms with Crippen molar-refractivity contribution in [1.29, 1.82) is 0 Å². The lowest BCUT2D eigenvalue weighted by Crippen LogP contribution is -2.23. The van der Waals surface area contributed by atoms with Gasteiger partial charge in [0.1, 0.15) is 0 Å². The minimum atomic E-state index is 0.390. The molecule has 2 aromatic carbocycles. The van der Waals surface area contributed by atoms with Gasteiger partial charge in [-0.25, -0.2) is 0 Å². The van der Waals surface area contributed by atoms with E-state index in [1.165, 1.54) is 27.8 Å². The van der Waals surface area contributed by atoms with E-state index in [0.29, 0.717) is 6.04 Å². The third-order valence-electron chi connectivity index (χ3n) is 3.78. The van der Waals surface area contributed by atoms with Crippen molar-refractivity contribution >= 4 is 0 Å². The van der Waals surface area contributed by atoms with Crippen LogP contribution in [0.4, 0.5) is 0 Å². The molecule has 0 aliphatic rings. The molecule has 0 heterocycles. The molecular formula is C19H25N. The largest absolute Gasteiger partial charge is 0.310 e. The first kappa shape index (κ1) is 14.8. The van der Waals surface area contributed by atoms with Crippen molar-refractivity contribution in [3.8, 4) is 0 Å². The fourth-order valence-corrected chi connectivity index (χ4v) is 2.75. The van der Waals surface area contributed by atoms with E-state index in [2.05, 4.69) is 75.5 Å². The second kappa shape index (κ2) is 6.71. The lowest BCUT2D eigenvalue weighted by Gasteiger charge is -2.21. The molecule has 1 nitrogen and oxygen atoms in total. The van der Waals surface area contributed by atoms with Crippen molar-refractivity contribution in [3.63, 3.8) is 0 Å². The first-order chi connectivity index (χ1) is 9.60. The average molecular weight is 267 g/mol. The third kappa shape index (κ3) is 3.71. The van der Waals surface area contributed by atoms with E-state index in [4.69, 9.17) is 0 Å². The van der Waals surface area contributed by atoms with Crippen molar-refractivity contribution in [3.05, 3.63) is 70.3 Å². The van der Waals surface area contributed by atoms with Crippen LogP contribution in [-0.4, -0.2) is 6.54 Å². The molecule has 0 spiro atoms. The van der Waals surface area contributed by atoms with Gasteiger partial charge in [0.15, 0.2) is 0 Å². The Morgan fingerprint density at radius 1 is 0.950 bits per heavy atom. The smallest absolute Gasteiger partial charge is 0.0363 e. The predicted molar refractivity (Wildman–Crippen MR) is 87.2 cm³/mol. The number of likely N-dealkylation sites (N-methyl/N-ethyl adjacent to an activating group) is 1. The van der Waals surface area contributed by atoms with Gasteiger partial charge in [0.2, 0.25) is 0 Å². The second-order valence-electron chi connectivity index (χ2n) is 5.66. The van der Waals surface area contributed by atoms with Gasteiger partial charge in [0.25, 0.3) is 0 Å². The molecule has 0 aromatic heterocycles. The summed E-state index contributed by atoms with van der Waals surface area (Å²) in [5, 5.41) is 3.63. The lowest BCUT2D eigenvalue weighted by molar-refractivity contribution is 0.547. The van der Waals surface area contributed by atoms with Crippen molar-refractivity contribution in [2.24, 2.45) is 0 Å². The highest BCUT2D eigenvalue weighted by Crippen LogP contribution is 2.23. The monoisotopic (exact) mass is 267 g/mol. The minimum absolute atomic E-state index is 0.390. The minimum Gasteiger partial charge on any atom is -0.310 e. The van der Waals surface area contributed by atoms with Crippen molar-refractivity contribution in [1.82, 2.24) is 5.32 Å². The molecule has 0 amide bonds. The van der Waals surface area contributed by atoms with Gasteiger partial charge in [-0.3, -0.25) is 0 Å². The summed E-state index contributed by atoms with van der Waals surface area (Å²) in [6, 6.07) is 15.9. The van der Waals surface area contributed by atoms with Crippen molar-refractivity contribution in [2.45, 2.75) is 40.2 Å². The maximum Gasteiger partial charge on any atom is 0.0363 e. The van der Waals surface area contributed by atoms with Crippen LogP contribution in [0, 0.1) is 20.8 Å². The molecule has 1 atom stereocenters. The molecule has 106 valence electrons. The zero-order valence-corrected chi connectivity index (χ0v) is 13.0. The van der Waals surface area contributed by atoms with E-state index in [-0.39, 0.29) is 0 Å². The van der Waals surface area contributed by atoms with E-state index in [9.17, 15) is 0 Å². The Labute approximate surface area is 123 Å². The van der Waals surface area contributed by atoms with E-state index >= 15 is 0 Å². The van der Waals surface area contributed by atoms with E-state index in [1.54, 1.807) is 0 Å². The standard InChI is InChI=1S/C19H25N/c1-5-20-19(13-17-8-6-7-14(2)11-17)18-12-15(3)9-10-16(18)4/h6-12,19-20H,5,13H2,1-4H3. The SMILES string of the molecule is CCNC(Cc1cccc(C)c1)c1cc(C)ccc1C. The number of hydrogen-bond acceptors (Lipinski definition) is 1. The summed E-state index contributed by atoms with van der Waals surface area (Å²) in [5.41, 5.74) is 6.86. The molecule has 20 heavy (non-hydrogen) atoms. The Balaban J connectivity index is 2.29. The number of benzene rings is 2. The van der Waals surface area contributed by atoms with E-state index < -0.39 is 0 Å². The molecule has 1 unspecified atom stereocenters. The van der Waals surface area contributed by atoms with Gasteiger partial charge in [-0.05, 0) is 50.4 Å². The van der Waals surface area contributed by atoms with Crippen LogP contribution in [0.25, 0.3) is 0 Å². The van der Waals surface area contributed by atoms with E-state index in [0.717, 1.165) is 13.0 Å². The highest BCUT2D eigenvalue weighted by Gasteiger charge is 2.13. The molecule has 0 saturated carbocycles. The van der Waals surface area contributed by atoms with Crippen LogP contribution in [0.5, 0.6) is 0 Å². The van der Waals surface area contributed by atoms with Crippen LogP contribution in [-0.2, 0) is 6.42 Å². The van der Waals surface area contributed by atoms with Crippen LogP contribution in [0.2, 0.25) is 0 Å². The summed E-state index contributed by atoms with van der Waals surface area (Å²) < 4.78 is 0. The van der Waals surface area contributed by atoms with Gasteiger partial charge < -0.3 is 5.32 Å². The maximum atomic E-state index is 3.63. The normalized spacial score (nSPS) is 12.4. The van der Waals surface area contributed by atoms with Crippen LogP contribution in [0.1, 0.15) is 40.8 Å². The zero-order valence-electron chi connectivity index (χ0n) is 13.0. The topological polar surface area (TPSA) is 12.0 Å². The van der Waals surface area contributed by atoms with Gasteiger partial charge in [-0.2, -0.15) is 0 Å². The molecular weight excluding hydrogens is 242 g/mol. The molecule has 0 saturated heterocycles. The fourth-order valence-electron chi connectivity index (χ4n) is 2.75. The van der Waals surface area contributed by atoms with Crippen molar-refractivity contribution < 1.29 is 0 Å². The number of hydrogen-bond donors (Lipinski definition) is 1. The van der Waals surface area contributed by atoms with Crippen molar-refractivity contribution in [2.75, 3.05) is 6.54 Å². The summed E-state index contributed by atoms with van der Waals surface area (Å²) in [6.07, 6.45) is 1.04.